The first kappa shape index (κ1) is 21.2. The summed E-state index contributed by atoms with van der Waals surface area (Å²) in [7, 11) is 0. The maximum absolute atomic E-state index is 12.5. The normalized spacial score (nSPS) is 10.7. The predicted octanol–water partition coefficient (Wildman–Crippen LogP) is 4.28. The van der Waals surface area contributed by atoms with Gasteiger partial charge in [-0.2, -0.15) is 0 Å². The Labute approximate surface area is 187 Å². The van der Waals surface area contributed by atoms with Crippen LogP contribution in [0.4, 0.5) is 11.4 Å². The molecule has 4 aromatic rings. The van der Waals surface area contributed by atoms with E-state index in [1.807, 2.05) is 47.9 Å². The van der Waals surface area contributed by atoms with Crippen molar-refractivity contribution in [2.75, 3.05) is 11.1 Å². The van der Waals surface area contributed by atoms with Gasteiger partial charge in [-0.25, -0.2) is 0 Å². The third-order valence-electron chi connectivity index (χ3n) is 4.54. The SMILES string of the molecule is Cc1ccc(-n2c(SCC(=O)Nc3cccc([N+](=O)[O-])c3)nnc2-c2ccncc2)cc1. The fourth-order valence-corrected chi connectivity index (χ4v) is 3.75. The van der Waals surface area contributed by atoms with Gasteiger partial charge >= 0.3 is 0 Å². The first-order valence-electron chi connectivity index (χ1n) is 9.61. The smallest absolute Gasteiger partial charge is 0.271 e. The average Bonchev–Trinajstić information content (AvgIpc) is 3.23. The quantitative estimate of drug-likeness (QED) is 0.256. The van der Waals surface area contributed by atoms with Gasteiger partial charge < -0.3 is 5.32 Å². The number of pyridine rings is 1. The molecule has 0 bridgehead atoms. The highest BCUT2D eigenvalue weighted by molar-refractivity contribution is 7.99. The number of non-ortho nitro benzene ring substituents is 1. The van der Waals surface area contributed by atoms with Crippen LogP contribution < -0.4 is 5.32 Å². The van der Waals surface area contributed by atoms with Crippen LogP contribution in [0, 0.1) is 17.0 Å². The van der Waals surface area contributed by atoms with Gasteiger partial charge in [-0.3, -0.25) is 24.5 Å². The summed E-state index contributed by atoms with van der Waals surface area (Å²) in [6.07, 6.45) is 3.37. The second-order valence-electron chi connectivity index (χ2n) is 6.86. The summed E-state index contributed by atoms with van der Waals surface area (Å²) < 4.78 is 1.89. The lowest BCUT2D eigenvalue weighted by molar-refractivity contribution is -0.384. The summed E-state index contributed by atoms with van der Waals surface area (Å²) in [4.78, 5) is 26.9. The number of nitrogens with one attached hydrogen (secondary N) is 1. The van der Waals surface area contributed by atoms with Crippen molar-refractivity contribution < 1.29 is 9.72 Å². The van der Waals surface area contributed by atoms with Gasteiger partial charge in [0.25, 0.3) is 5.69 Å². The third-order valence-corrected chi connectivity index (χ3v) is 5.47. The van der Waals surface area contributed by atoms with E-state index in [1.165, 1.54) is 30.0 Å². The minimum atomic E-state index is -0.505. The van der Waals surface area contributed by atoms with Gasteiger partial charge in [-0.1, -0.05) is 35.5 Å². The zero-order chi connectivity index (χ0) is 22.5. The second-order valence-corrected chi connectivity index (χ2v) is 7.80. The summed E-state index contributed by atoms with van der Waals surface area (Å²) in [6.45, 7) is 2.01. The van der Waals surface area contributed by atoms with Gasteiger partial charge in [0, 0.05) is 41.5 Å². The Balaban J connectivity index is 1.56. The number of nitro benzene ring substituents is 1. The molecule has 160 valence electrons. The van der Waals surface area contributed by atoms with Crippen molar-refractivity contribution in [1.82, 2.24) is 19.7 Å². The number of hydrogen-bond acceptors (Lipinski definition) is 7. The van der Waals surface area contributed by atoms with Gasteiger partial charge in [0.15, 0.2) is 11.0 Å². The third kappa shape index (κ3) is 4.81. The van der Waals surface area contributed by atoms with Crippen LogP contribution in [-0.4, -0.2) is 36.3 Å². The van der Waals surface area contributed by atoms with Crippen molar-refractivity contribution >= 4 is 29.0 Å². The Bertz CT molecular complexity index is 1260. The van der Waals surface area contributed by atoms with E-state index >= 15 is 0 Å². The Morgan fingerprint density at radius 3 is 2.56 bits per heavy atom. The molecule has 0 saturated heterocycles. The first-order valence-corrected chi connectivity index (χ1v) is 10.6. The summed E-state index contributed by atoms with van der Waals surface area (Å²) in [5.74, 6) is 0.389. The number of hydrogen-bond donors (Lipinski definition) is 1. The molecule has 9 nitrogen and oxygen atoms in total. The minimum Gasteiger partial charge on any atom is -0.325 e. The van der Waals surface area contributed by atoms with Crippen molar-refractivity contribution in [3.63, 3.8) is 0 Å². The molecule has 0 aliphatic carbocycles. The number of aromatic nitrogens is 4. The molecule has 10 heteroatoms. The highest BCUT2D eigenvalue weighted by atomic mass is 32.2. The largest absolute Gasteiger partial charge is 0.325 e. The molecule has 32 heavy (non-hydrogen) atoms. The zero-order valence-corrected chi connectivity index (χ0v) is 17.8. The summed E-state index contributed by atoms with van der Waals surface area (Å²) in [6, 6.07) is 17.4. The Kier molecular flexibility index (Phi) is 6.22. The average molecular weight is 446 g/mol. The molecule has 2 aromatic carbocycles. The van der Waals surface area contributed by atoms with Gasteiger partial charge in [0.1, 0.15) is 0 Å². The summed E-state index contributed by atoms with van der Waals surface area (Å²) in [5, 5.41) is 22.8. The van der Waals surface area contributed by atoms with Crippen LogP contribution in [0.2, 0.25) is 0 Å². The number of amides is 1. The number of thioether (sulfide) groups is 1. The van der Waals surface area contributed by atoms with Crippen molar-refractivity contribution in [3.05, 3.63) is 88.7 Å². The number of rotatable bonds is 7. The number of aryl methyl sites for hydroxylation is 1. The number of nitrogens with zero attached hydrogens (tertiary/aromatic N) is 5. The lowest BCUT2D eigenvalue weighted by Crippen LogP contribution is -2.14. The van der Waals surface area contributed by atoms with Crippen LogP contribution in [0.15, 0.2) is 78.2 Å². The van der Waals surface area contributed by atoms with Crippen LogP contribution in [0.3, 0.4) is 0 Å². The Morgan fingerprint density at radius 2 is 1.84 bits per heavy atom. The number of anilines is 1. The van der Waals surface area contributed by atoms with Crippen LogP contribution in [0.25, 0.3) is 17.1 Å². The van der Waals surface area contributed by atoms with Crippen molar-refractivity contribution in [2.24, 2.45) is 0 Å². The van der Waals surface area contributed by atoms with Crippen LogP contribution in [0.1, 0.15) is 5.56 Å². The van der Waals surface area contributed by atoms with Crippen molar-refractivity contribution in [1.29, 1.82) is 0 Å². The van der Waals surface area contributed by atoms with E-state index in [2.05, 4.69) is 20.5 Å². The Morgan fingerprint density at radius 1 is 1.09 bits per heavy atom. The van der Waals surface area contributed by atoms with E-state index in [0.717, 1.165) is 16.8 Å². The second kappa shape index (κ2) is 9.40. The fraction of sp³-hybridized carbons (Fsp3) is 0.0909. The maximum Gasteiger partial charge on any atom is 0.271 e. The molecular weight excluding hydrogens is 428 g/mol. The highest BCUT2D eigenvalue weighted by Crippen LogP contribution is 2.28. The van der Waals surface area contributed by atoms with E-state index < -0.39 is 4.92 Å². The van der Waals surface area contributed by atoms with E-state index in [4.69, 9.17) is 0 Å². The molecule has 1 N–H and O–H groups in total. The van der Waals surface area contributed by atoms with Gasteiger partial charge in [0.05, 0.1) is 10.7 Å². The molecule has 0 atom stereocenters. The van der Waals surface area contributed by atoms with E-state index in [1.54, 1.807) is 18.5 Å². The standard InChI is InChI=1S/C22H18N6O3S/c1-15-5-7-18(8-6-15)27-21(16-9-11-23-12-10-16)25-26-22(27)32-14-20(29)24-17-3-2-4-19(13-17)28(30)31/h2-13H,14H2,1H3,(H,24,29). The predicted molar refractivity (Wildman–Crippen MR) is 122 cm³/mol. The molecule has 2 heterocycles. The van der Waals surface area contributed by atoms with Crippen molar-refractivity contribution in [2.45, 2.75) is 12.1 Å². The summed E-state index contributed by atoms with van der Waals surface area (Å²) in [5.41, 5.74) is 3.12. The lowest BCUT2D eigenvalue weighted by Gasteiger charge is -2.11. The molecule has 4 rings (SSSR count). The van der Waals surface area contributed by atoms with Crippen LogP contribution >= 0.6 is 11.8 Å². The van der Waals surface area contributed by atoms with Gasteiger partial charge in [0.2, 0.25) is 5.91 Å². The zero-order valence-electron chi connectivity index (χ0n) is 17.0. The number of nitro groups is 1. The molecule has 0 fully saturated rings. The topological polar surface area (TPSA) is 116 Å². The molecule has 1 amide bonds. The molecule has 0 spiro atoms. The fourth-order valence-electron chi connectivity index (χ4n) is 3.00. The first-order chi connectivity index (χ1) is 15.5. The molecular formula is C22H18N6O3S. The number of benzene rings is 2. The minimum absolute atomic E-state index is 0.0586. The number of carbonyl (C=O) groups excluding carboxylic acids is 1. The van der Waals surface area contributed by atoms with E-state index in [9.17, 15) is 14.9 Å². The van der Waals surface area contributed by atoms with Crippen LogP contribution in [-0.2, 0) is 4.79 Å². The van der Waals surface area contributed by atoms with Crippen molar-refractivity contribution in [3.8, 4) is 17.1 Å². The van der Waals surface area contributed by atoms with E-state index in [0.29, 0.717) is 16.7 Å². The van der Waals surface area contributed by atoms with Crippen LogP contribution in [0.5, 0.6) is 0 Å². The Hall–Kier alpha value is -4.05. The number of carbonyl (C=O) groups is 1. The van der Waals surface area contributed by atoms with E-state index in [-0.39, 0.29) is 17.3 Å². The molecule has 0 saturated carbocycles. The molecule has 0 aliphatic rings. The van der Waals surface area contributed by atoms with Gasteiger partial charge in [-0.15, -0.1) is 10.2 Å². The van der Waals surface area contributed by atoms with Gasteiger partial charge in [-0.05, 0) is 37.3 Å². The monoisotopic (exact) mass is 446 g/mol. The molecule has 0 radical (unpaired) electrons. The highest BCUT2D eigenvalue weighted by Gasteiger charge is 2.17. The molecule has 2 aromatic heterocycles. The summed E-state index contributed by atoms with van der Waals surface area (Å²) >= 11 is 1.23. The molecule has 0 unspecified atom stereocenters. The molecule has 0 aliphatic heterocycles. The maximum atomic E-state index is 12.5. The lowest BCUT2D eigenvalue weighted by atomic mass is 10.2.